The van der Waals surface area contributed by atoms with Gasteiger partial charge in [0.2, 0.25) is 0 Å². The lowest BCUT2D eigenvalue weighted by molar-refractivity contribution is -0.113. The number of methoxy groups -OCH3 is 1. The molecular formula is C17H11BrClNO3S2. The van der Waals surface area contributed by atoms with Crippen LogP contribution in [0.2, 0.25) is 5.02 Å². The minimum atomic E-state index is -0.208. The van der Waals surface area contributed by atoms with E-state index in [1.807, 2.05) is 0 Å². The number of aromatic hydroxyl groups is 1. The summed E-state index contributed by atoms with van der Waals surface area (Å²) in [5, 5.41) is 10.5. The molecule has 2 aromatic rings. The van der Waals surface area contributed by atoms with Crippen LogP contribution in [-0.2, 0) is 4.79 Å². The number of thioether (sulfide) groups is 1. The zero-order valence-corrected chi connectivity index (χ0v) is 16.8. The highest BCUT2D eigenvalue weighted by molar-refractivity contribution is 9.10. The first kappa shape index (κ1) is 18.3. The lowest BCUT2D eigenvalue weighted by atomic mass is 10.2. The van der Waals surface area contributed by atoms with Crippen LogP contribution < -0.4 is 9.64 Å². The summed E-state index contributed by atoms with van der Waals surface area (Å²) in [5.74, 6) is 0.114. The van der Waals surface area contributed by atoms with Crippen LogP contribution in [0.5, 0.6) is 11.5 Å². The predicted octanol–water partition coefficient (Wildman–Crippen LogP) is 5.22. The summed E-state index contributed by atoms with van der Waals surface area (Å²) in [4.78, 5) is 14.7. The Morgan fingerprint density at radius 2 is 2.00 bits per heavy atom. The van der Waals surface area contributed by atoms with Gasteiger partial charge in [-0.2, -0.15) is 0 Å². The van der Waals surface area contributed by atoms with Crippen LogP contribution >= 0.6 is 51.5 Å². The second-order valence-corrected chi connectivity index (χ2v) is 8.01. The van der Waals surface area contributed by atoms with Crippen LogP contribution in [-0.4, -0.2) is 22.4 Å². The Kier molecular flexibility index (Phi) is 5.38. The van der Waals surface area contributed by atoms with Crippen molar-refractivity contribution in [3.63, 3.8) is 0 Å². The number of thiocarbonyl (C=S) groups is 1. The second-order valence-electron chi connectivity index (χ2n) is 5.05. The van der Waals surface area contributed by atoms with Crippen molar-refractivity contribution in [2.24, 2.45) is 0 Å². The van der Waals surface area contributed by atoms with E-state index in [0.717, 1.165) is 0 Å². The van der Waals surface area contributed by atoms with Crippen molar-refractivity contribution in [1.82, 2.24) is 0 Å². The lowest BCUT2D eigenvalue weighted by Crippen LogP contribution is -2.27. The van der Waals surface area contributed by atoms with E-state index >= 15 is 0 Å². The fourth-order valence-corrected chi connectivity index (χ4v) is 4.15. The van der Waals surface area contributed by atoms with Crippen molar-refractivity contribution in [2.45, 2.75) is 0 Å². The second kappa shape index (κ2) is 7.37. The molecule has 8 heteroatoms. The van der Waals surface area contributed by atoms with Gasteiger partial charge in [0.25, 0.3) is 5.91 Å². The summed E-state index contributed by atoms with van der Waals surface area (Å²) in [5.41, 5.74) is 1.37. The van der Waals surface area contributed by atoms with Crippen LogP contribution in [0, 0.1) is 0 Å². The fourth-order valence-electron chi connectivity index (χ4n) is 2.26. The molecule has 25 heavy (non-hydrogen) atoms. The Morgan fingerprint density at radius 3 is 2.64 bits per heavy atom. The van der Waals surface area contributed by atoms with Crippen LogP contribution in [0.4, 0.5) is 5.69 Å². The minimum Gasteiger partial charge on any atom is -0.503 e. The smallest absolute Gasteiger partial charge is 0.270 e. The number of benzene rings is 2. The summed E-state index contributed by atoms with van der Waals surface area (Å²) in [6.07, 6.45) is 1.71. The lowest BCUT2D eigenvalue weighted by Gasteiger charge is -2.14. The SMILES string of the molecule is COc1cc(/C=C2\SC(=S)N(c3ccc(Cl)cc3)C2=O)cc(Br)c1O. The van der Waals surface area contributed by atoms with Crippen molar-refractivity contribution in [3.05, 3.63) is 56.4 Å². The number of halogens is 2. The standard InChI is InChI=1S/C17H11BrClNO3S2/c1-23-13-7-9(6-12(18)15(13)21)8-14-16(22)20(17(24)25-14)11-4-2-10(19)3-5-11/h2-8,21H,1H3/b14-8-. The monoisotopic (exact) mass is 455 g/mol. The molecule has 1 heterocycles. The van der Waals surface area contributed by atoms with Crippen molar-refractivity contribution < 1.29 is 14.6 Å². The van der Waals surface area contributed by atoms with Crippen LogP contribution in [0.15, 0.2) is 45.8 Å². The molecule has 1 aliphatic heterocycles. The maximum absolute atomic E-state index is 12.7. The molecule has 1 N–H and O–H groups in total. The number of nitrogens with zero attached hydrogens (tertiary/aromatic N) is 1. The van der Waals surface area contributed by atoms with Gasteiger partial charge in [-0.25, -0.2) is 0 Å². The Balaban J connectivity index is 1.95. The molecule has 0 saturated carbocycles. The summed E-state index contributed by atoms with van der Waals surface area (Å²) in [7, 11) is 1.46. The minimum absolute atomic E-state index is 0.00774. The molecular weight excluding hydrogens is 446 g/mol. The van der Waals surface area contributed by atoms with E-state index in [-0.39, 0.29) is 11.7 Å². The number of phenolic OH excluding ortho intramolecular Hbond substituents is 1. The quantitative estimate of drug-likeness (QED) is 0.507. The Bertz CT molecular complexity index is 900. The fraction of sp³-hybridized carbons (Fsp3) is 0.0588. The molecule has 1 fully saturated rings. The molecule has 0 unspecified atom stereocenters. The number of phenols is 1. The highest BCUT2D eigenvalue weighted by atomic mass is 79.9. The first-order valence-corrected chi connectivity index (χ1v) is 9.40. The summed E-state index contributed by atoms with van der Waals surface area (Å²) < 4.78 is 6.06. The van der Waals surface area contributed by atoms with Gasteiger partial charge in [0, 0.05) is 5.02 Å². The summed E-state index contributed by atoms with van der Waals surface area (Å²) in [6.45, 7) is 0. The molecule has 0 aliphatic carbocycles. The number of rotatable bonds is 3. The average Bonchev–Trinajstić information content (AvgIpc) is 2.85. The maximum atomic E-state index is 12.7. The van der Waals surface area contributed by atoms with Gasteiger partial charge < -0.3 is 9.84 Å². The molecule has 128 valence electrons. The molecule has 0 radical (unpaired) electrons. The third kappa shape index (κ3) is 3.69. The number of carbonyl (C=O) groups is 1. The van der Waals surface area contributed by atoms with Crippen LogP contribution in [0.1, 0.15) is 5.56 Å². The first-order valence-electron chi connectivity index (χ1n) is 7.00. The molecule has 0 spiro atoms. The third-order valence-electron chi connectivity index (χ3n) is 3.45. The number of carbonyl (C=O) groups excluding carboxylic acids is 1. The average molecular weight is 457 g/mol. The first-order chi connectivity index (χ1) is 11.9. The van der Waals surface area contributed by atoms with Gasteiger partial charge in [-0.15, -0.1) is 0 Å². The largest absolute Gasteiger partial charge is 0.503 e. The number of amides is 1. The molecule has 3 rings (SSSR count). The third-order valence-corrected chi connectivity index (χ3v) is 5.61. The molecule has 1 saturated heterocycles. The highest BCUT2D eigenvalue weighted by Crippen LogP contribution is 2.39. The van der Waals surface area contributed by atoms with Crippen molar-refractivity contribution in [2.75, 3.05) is 12.0 Å². The van der Waals surface area contributed by atoms with Gasteiger partial charge in [-0.05, 0) is 64.0 Å². The normalized spacial score (nSPS) is 16.0. The number of anilines is 1. The van der Waals surface area contributed by atoms with Crippen molar-refractivity contribution in [3.8, 4) is 11.5 Å². The predicted molar refractivity (Wildman–Crippen MR) is 109 cm³/mol. The number of ether oxygens (including phenoxy) is 1. The van der Waals surface area contributed by atoms with E-state index < -0.39 is 0 Å². The topological polar surface area (TPSA) is 49.8 Å². The van der Waals surface area contributed by atoms with Gasteiger partial charge in [0.1, 0.15) is 0 Å². The van der Waals surface area contributed by atoms with Gasteiger partial charge in [0.05, 0.1) is 22.2 Å². The Labute approximate surface area is 167 Å². The van der Waals surface area contributed by atoms with Crippen LogP contribution in [0.3, 0.4) is 0 Å². The van der Waals surface area contributed by atoms with Crippen LogP contribution in [0.25, 0.3) is 6.08 Å². The molecule has 1 amide bonds. The van der Waals surface area contributed by atoms with Crippen molar-refractivity contribution in [1.29, 1.82) is 0 Å². The zero-order valence-electron chi connectivity index (χ0n) is 12.8. The maximum Gasteiger partial charge on any atom is 0.270 e. The Hall–Kier alpha value is -1.54. The molecule has 4 nitrogen and oxygen atoms in total. The molecule has 1 aliphatic rings. The Morgan fingerprint density at radius 1 is 1.32 bits per heavy atom. The van der Waals surface area contributed by atoms with Gasteiger partial charge in [-0.1, -0.05) is 35.6 Å². The zero-order chi connectivity index (χ0) is 18.1. The van der Waals surface area contributed by atoms with E-state index in [1.165, 1.54) is 23.8 Å². The van der Waals surface area contributed by atoms with E-state index in [9.17, 15) is 9.90 Å². The van der Waals surface area contributed by atoms with Gasteiger partial charge in [0.15, 0.2) is 15.8 Å². The highest BCUT2D eigenvalue weighted by Gasteiger charge is 2.33. The van der Waals surface area contributed by atoms with Crippen molar-refractivity contribution >= 4 is 73.5 Å². The number of hydrogen-bond acceptors (Lipinski definition) is 5. The molecule has 0 bridgehead atoms. The molecule has 0 atom stereocenters. The number of hydrogen-bond donors (Lipinski definition) is 1. The van der Waals surface area contributed by atoms with Gasteiger partial charge >= 0.3 is 0 Å². The van der Waals surface area contributed by atoms with E-state index in [1.54, 1.807) is 42.5 Å². The van der Waals surface area contributed by atoms with Gasteiger partial charge in [-0.3, -0.25) is 9.69 Å². The van der Waals surface area contributed by atoms with E-state index in [2.05, 4.69) is 15.9 Å². The summed E-state index contributed by atoms with van der Waals surface area (Å²) >= 11 is 15.7. The molecule has 0 aromatic heterocycles. The summed E-state index contributed by atoms with van der Waals surface area (Å²) in [6, 6.07) is 10.3. The molecule has 2 aromatic carbocycles. The van der Waals surface area contributed by atoms with E-state index in [0.29, 0.717) is 35.7 Å². The van der Waals surface area contributed by atoms with E-state index in [4.69, 9.17) is 28.6 Å².